The van der Waals surface area contributed by atoms with Crippen molar-refractivity contribution in [3.8, 4) is 0 Å². The summed E-state index contributed by atoms with van der Waals surface area (Å²) in [7, 11) is 0. The summed E-state index contributed by atoms with van der Waals surface area (Å²) in [6.07, 6.45) is 7.33. The third kappa shape index (κ3) is 3.19. The fourth-order valence-corrected chi connectivity index (χ4v) is 4.01. The number of carbonyl (C=O) groups is 1. The van der Waals surface area contributed by atoms with Crippen molar-refractivity contribution in [3.63, 3.8) is 0 Å². The molecule has 2 aliphatic heterocycles. The van der Waals surface area contributed by atoms with Gasteiger partial charge in [-0.3, -0.25) is 4.79 Å². The zero-order valence-corrected chi connectivity index (χ0v) is 13.6. The molecule has 0 saturated carbocycles. The van der Waals surface area contributed by atoms with Gasteiger partial charge >= 0.3 is 0 Å². The van der Waals surface area contributed by atoms with Crippen LogP contribution in [-0.2, 0) is 4.79 Å². The summed E-state index contributed by atoms with van der Waals surface area (Å²) in [4.78, 5) is 15.3. The molecular formula is C17H32N2O. The van der Waals surface area contributed by atoms with Gasteiger partial charge in [-0.15, -0.1) is 0 Å². The second kappa shape index (κ2) is 6.93. The van der Waals surface area contributed by atoms with Crippen molar-refractivity contribution < 1.29 is 4.79 Å². The van der Waals surface area contributed by atoms with Gasteiger partial charge in [-0.05, 0) is 44.1 Å². The lowest BCUT2D eigenvalue weighted by molar-refractivity contribution is -0.143. The summed E-state index contributed by atoms with van der Waals surface area (Å²) in [5, 5.41) is 3.41. The molecule has 1 amide bonds. The third-order valence-corrected chi connectivity index (χ3v) is 5.55. The number of carbonyl (C=O) groups excluding carboxylic acids is 1. The lowest BCUT2D eigenvalue weighted by Crippen LogP contribution is -2.48. The Morgan fingerprint density at radius 1 is 1.35 bits per heavy atom. The lowest BCUT2D eigenvalue weighted by Gasteiger charge is -2.36. The van der Waals surface area contributed by atoms with E-state index in [1.165, 1.54) is 32.1 Å². The molecule has 0 aromatic heterocycles. The molecule has 3 nitrogen and oxygen atoms in total. The summed E-state index contributed by atoms with van der Waals surface area (Å²) in [5.74, 6) is 1.70. The first-order valence-corrected chi connectivity index (χ1v) is 8.60. The van der Waals surface area contributed by atoms with E-state index in [2.05, 4.69) is 31.0 Å². The van der Waals surface area contributed by atoms with Crippen LogP contribution in [0.1, 0.15) is 59.3 Å². The summed E-state index contributed by atoms with van der Waals surface area (Å²) in [6, 6.07) is 0. The van der Waals surface area contributed by atoms with Crippen molar-refractivity contribution in [2.24, 2.45) is 17.3 Å². The van der Waals surface area contributed by atoms with Crippen LogP contribution in [0.4, 0.5) is 0 Å². The molecule has 0 bridgehead atoms. The minimum Gasteiger partial charge on any atom is -0.342 e. The fourth-order valence-electron chi connectivity index (χ4n) is 4.01. The van der Waals surface area contributed by atoms with Gasteiger partial charge in [0.05, 0.1) is 5.41 Å². The SMILES string of the molecule is CCCC1CCCN(C(=O)C2(C(C)C)CCNC2)CC1. The maximum absolute atomic E-state index is 13.1. The number of likely N-dealkylation sites (tertiary alicyclic amines) is 1. The molecular weight excluding hydrogens is 248 g/mol. The highest BCUT2D eigenvalue weighted by atomic mass is 16.2. The first-order chi connectivity index (χ1) is 9.60. The minimum atomic E-state index is -0.134. The van der Waals surface area contributed by atoms with Crippen molar-refractivity contribution in [2.45, 2.75) is 59.3 Å². The van der Waals surface area contributed by atoms with Gasteiger partial charge in [0.1, 0.15) is 0 Å². The molecule has 0 spiro atoms. The Morgan fingerprint density at radius 3 is 2.75 bits per heavy atom. The second-order valence-corrected chi connectivity index (χ2v) is 7.12. The monoisotopic (exact) mass is 280 g/mol. The van der Waals surface area contributed by atoms with E-state index in [0.717, 1.165) is 38.5 Å². The standard InChI is InChI=1S/C17H32N2O/c1-4-6-15-7-5-11-19(12-8-15)16(20)17(14(2)3)9-10-18-13-17/h14-15,18H,4-13H2,1-3H3. The number of nitrogens with one attached hydrogen (secondary N) is 1. The predicted octanol–water partition coefficient (Wildman–Crippen LogP) is 3.05. The Hall–Kier alpha value is -0.570. The Balaban J connectivity index is 2.01. The van der Waals surface area contributed by atoms with Crippen molar-refractivity contribution in [2.75, 3.05) is 26.2 Å². The maximum atomic E-state index is 13.1. The van der Waals surface area contributed by atoms with Crippen LogP contribution in [0.5, 0.6) is 0 Å². The lowest BCUT2D eigenvalue weighted by atomic mass is 9.75. The zero-order chi connectivity index (χ0) is 14.6. The van der Waals surface area contributed by atoms with Gasteiger partial charge in [-0.1, -0.05) is 33.6 Å². The number of nitrogens with zero attached hydrogens (tertiary/aromatic N) is 1. The van der Waals surface area contributed by atoms with Crippen molar-refractivity contribution in [1.29, 1.82) is 0 Å². The molecule has 20 heavy (non-hydrogen) atoms. The highest BCUT2D eigenvalue weighted by molar-refractivity contribution is 5.83. The van der Waals surface area contributed by atoms with E-state index < -0.39 is 0 Å². The van der Waals surface area contributed by atoms with Gasteiger partial charge in [-0.2, -0.15) is 0 Å². The first kappa shape index (κ1) is 15.8. The number of rotatable bonds is 4. The van der Waals surface area contributed by atoms with Crippen LogP contribution in [-0.4, -0.2) is 37.0 Å². The average Bonchev–Trinajstić information content (AvgIpc) is 2.81. The molecule has 2 saturated heterocycles. The molecule has 3 heteroatoms. The fraction of sp³-hybridized carbons (Fsp3) is 0.941. The smallest absolute Gasteiger partial charge is 0.230 e. The summed E-state index contributed by atoms with van der Waals surface area (Å²) >= 11 is 0. The molecule has 2 rings (SSSR count). The van der Waals surface area contributed by atoms with Crippen molar-refractivity contribution in [3.05, 3.63) is 0 Å². The number of hydrogen-bond donors (Lipinski definition) is 1. The molecule has 2 fully saturated rings. The molecule has 2 heterocycles. The predicted molar refractivity (Wildman–Crippen MR) is 83.6 cm³/mol. The number of hydrogen-bond acceptors (Lipinski definition) is 2. The highest BCUT2D eigenvalue weighted by Gasteiger charge is 2.46. The van der Waals surface area contributed by atoms with Gasteiger partial charge in [0.2, 0.25) is 5.91 Å². The molecule has 2 unspecified atom stereocenters. The van der Waals surface area contributed by atoms with Gasteiger partial charge in [-0.25, -0.2) is 0 Å². The van der Waals surface area contributed by atoms with Crippen molar-refractivity contribution >= 4 is 5.91 Å². The molecule has 0 aromatic carbocycles. The molecule has 1 N–H and O–H groups in total. The van der Waals surface area contributed by atoms with Gasteiger partial charge < -0.3 is 10.2 Å². The Bertz CT molecular complexity index is 321. The quantitative estimate of drug-likeness (QED) is 0.858. The summed E-state index contributed by atoms with van der Waals surface area (Å²) in [5.41, 5.74) is -0.134. The summed E-state index contributed by atoms with van der Waals surface area (Å²) in [6.45, 7) is 10.5. The van der Waals surface area contributed by atoms with E-state index in [4.69, 9.17) is 0 Å². The zero-order valence-electron chi connectivity index (χ0n) is 13.6. The van der Waals surface area contributed by atoms with E-state index in [1.54, 1.807) is 0 Å². The summed E-state index contributed by atoms with van der Waals surface area (Å²) < 4.78 is 0. The topological polar surface area (TPSA) is 32.3 Å². The van der Waals surface area contributed by atoms with Crippen LogP contribution in [0.15, 0.2) is 0 Å². The maximum Gasteiger partial charge on any atom is 0.230 e. The van der Waals surface area contributed by atoms with Crippen LogP contribution < -0.4 is 5.32 Å². The minimum absolute atomic E-state index is 0.134. The molecule has 0 radical (unpaired) electrons. The third-order valence-electron chi connectivity index (χ3n) is 5.55. The Labute approximate surface area is 124 Å². The molecule has 0 aromatic rings. The van der Waals surface area contributed by atoms with Crippen LogP contribution in [0.25, 0.3) is 0 Å². The van der Waals surface area contributed by atoms with E-state index in [0.29, 0.717) is 11.8 Å². The van der Waals surface area contributed by atoms with Crippen molar-refractivity contribution in [1.82, 2.24) is 10.2 Å². The highest BCUT2D eigenvalue weighted by Crippen LogP contribution is 2.37. The second-order valence-electron chi connectivity index (χ2n) is 7.12. The molecule has 2 aliphatic rings. The van der Waals surface area contributed by atoms with Gasteiger partial charge in [0.15, 0.2) is 0 Å². The van der Waals surface area contributed by atoms with E-state index in [-0.39, 0.29) is 5.41 Å². The van der Waals surface area contributed by atoms with Crippen LogP contribution in [0.3, 0.4) is 0 Å². The number of amides is 1. The van der Waals surface area contributed by atoms with E-state index in [9.17, 15) is 4.79 Å². The molecule has 2 atom stereocenters. The Morgan fingerprint density at radius 2 is 2.15 bits per heavy atom. The Kier molecular flexibility index (Phi) is 5.48. The van der Waals surface area contributed by atoms with Gasteiger partial charge in [0.25, 0.3) is 0 Å². The molecule has 0 aliphatic carbocycles. The average molecular weight is 280 g/mol. The molecule has 116 valence electrons. The largest absolute Gasteiger partial charge is 0.342 e. The van der Waals surface area contributed by atoms with Crippen LogP contribution >= 0.6 is 0 Å². The van der Waals surface area contributed by atoms with E-state index in [1.807, 2.05) is 0 Å². The van der Waals surface area contributed by atoms with Crippen LogP contribution in [0, 0.1) is 17.3 Å². The first-order valence-electron chi connectivity index (χ1n) is 8.60. The van der Waals surface area contributed by atoms with Crippen LogP contribution in [0.2, 0.25) is 0 Å². The van der Waals surface area contributed by atoms with Gasteiger partial charge in [0, 0.05) is 19.6 Å². The van der Waals surface area contributed by atoms with E-state index >= 15 is 0 Å². The normalized spacial score (nSPS) is 31.6.